The molecule has 0 radical (unpaired) electrons. The highest BCUT2D eigenvalue weighted by atomic mass is 35.5. The second kappa shape index (κ2) is 11.5. The smallest absolute Gasteiger partial charge is 0.416 e. The van der Waals surface area contributed by atoms with Gasteiger partial charge in [0.25, 0.3) is 11.8 Å². The van der Waals surface area contributed by atoms with Crippen molar-refractivity contribution in [2.24, 2.45) is 5.10 Å². The van der Waals surface area contributed by atoms with E-state index >= 15 is 0 Å². The molecule has 0 saturated heterocycles. The van der Waals surface area contributed by atoms with Gasteiger partial charge in [-0.2, -0.15) is 18.3 Å². The van der Waals surface area contributed by atoms with Crippen molar-refractivity contribution in [2.45, 2.75) is 6.18 Å². The zero-order valence-electron chi connectivity index (χ0n) is 18.5. The van der Waals surface area contributed by atoms with Gasteiger partial charge in [0.2, 0.25) is 0 Å². The van der Waals surface area contributed by atoms with Crippen LogP contribution in [0.2, 0.25) is 5.02 Å². The molecule has 0 bridgehead atoms. The quantitative estimate of drug-likeness (QED) is 0.239. The van der Waals surface area contributed by atoms with Crippen LogP contribution in [0.1, 0.15) is 21.5 Å². The van der Waals surface area contributed by atoms with E-state index in [4.69, 9.17) is 21.1 Å². The maximum atomic E-state index is 13.0. The minimum Gasteiger partial charge on any atom is -0.493 e. The predicted molar refractivity (Wildman–Crippen MR) is 125 cm³/mol. The molecule has 0 saturated carbocycles. The summed E-state index contributed by atoms with van der Waals surface area (Å²) in [6, 6.07) is 11.9. The molecule has 12 heteroatoms. The minimum absolute atomic E-state index is 0.0644. The summed E-state index contributed by atoms with van der Waals surface area (Å²) in [5.74, 6) is -1.59. The third kappa shape index (κ3) is 7.19. The first-order valence-corrected chi connectivity index (χ1v) is 10.5. The Balaban J connectivity index is 1.63. The maximum Gasteiger partial charge on any atom is 0.416 e. The van der Waals surface area contributed by atoms with E-state index in [0.29, 0.717) is 17.3 Å². The first kappa shape index (κ1) is 26.5. The third-order valence-electron chi connectivity index (χ3n) is 4.56. The summed E-state index contributed by atoms with van der Waals surface area (Å²) in [5.41, 5.74) is 1.70. The lowest BCUT2D eigenvalue weighted by Crippen LogP contribution is -2.20. The number of hydrogen-bond acceptors (Lipinski definition) is 5. The molecule has 0 aliphatic heterocycles. The predicted octanol–water partition coefficient (Wildman–Crippen LogP) is 5.29. The van der Waals surface area contributed by atoms with E-state index in [9.17, 15) is 27.2 Å². The summed E-state index contributed by atoms with van der Waals surface area (Å²) in [6.45, 7) is -0.423. The van der Waals surface area contributed by atoms with Crippen molar-refractivity contribution in [3.8, 4) is 11.5 Å². The van der Waals surface area contributed by atoms with Crippen LogP contribution in [-0.4, -0.2) is 31.7 Å². The molecule has 0 aliphatic carbocycles. The molecule has 3 aromatic rings. The molecule has 0 heterocycles. The van der Waals surface area contributed by atoms with Crippen molar-refractivity contribution in [2.75, 3.05) is 19.0 Å². The standard InChI is InChI=1S/C24H18ClF4N3O4/c1-35-20-10-14(12-30-32-23(34)15-3-2-4-16(11-15)24(27,28)29)9-19(25)22(20)36-13-21(33)31-18-7-5-17(26)6-8-18/h2-12H,13H2,1H3,(H,31,33)(H,32,34)/b30-12-. The first-order valence-electron chi connectivity index (χ1n) is 10.1. The van der Waals surface area contributed by atoms with E-state index in [1.807, 2.05) is 0 Å². The number of alkyl halides is 3. The van der Waals surface area contributed by atoms with Gasteiger partial charge in [-0.1, -0.05) is 17.7 Å². The van der Waals surface area contributed by atoms with Crippen LogP contribution in [0, 0.1) is 5.82 Å². The topological polar surface area (TPSA) is 89.0 Å². The minimum atomic E-state index is -4.59. The lowest BCUT2D eigenvalue weighted by molar-refractivity contribution is -0.137. The summed E-state index contributed by atoms with van der Waals surface area (Å²) >= 11 is 6.24. The van der Waals surface area contributed by atoms with Gasteiger partial charge in [-0.25, -0.2) is 9.82 Å². The van der Waals surface area contributed by atoms with E-state index in [1.165, 1.54) is 55.8 Å². The normalized spacial score (nSPS) is 11.3. The Hall–Kier alpha value is -4.12. The van der Waals surface area contributed by atoms with Crippen molar-refractivity contribution >= 4 is 35.3 Å². The monoisotopic (exact) mass is 523 g/mol. The fourth-order valence-electron chi connectivity index (χ4n) is 2.89. The first-order chi connectivity index (χ1) is 17.1. The number of ether oxygens (including phenoxy) is 2. The van der Waals surface area contributed by atoms with Crippen molar-refractivity contribution in [1.82, 2.24) is 5.43 Å². The number of hydrazone groups is 1. The van der Waals surface area contributed by atoms with Crippen molar-refractivity contribution in [3.05, 3.63) is 88.2 Å². The molecule has 188 valence electrons. The van der Waals surface area contributed by atoms with E-state index in [-0.39, 0.29) is 22.1 Å². The highest BCUT2D eigenvalue weighted by Crippen LogP contribution is 2.36. The number of carbonyl (C=O) groups is 2. The Morgan fingerprint density at radius 3 is 2.47 bits per heavy atom. The summed E-state index contributed by atoms with van der Waals surface area (Å²) in [5, 5.41) is 6.33. The van der Waals surface area contributed by atoms with Gasteiger partial charge in [-0.15, -0.1) is 0 Å². The Labute approximate surface area is 207 Å². The third-order valence-corrected chi connectivity index (χ3v) is 4.84. The summed E-state index contributed by atoms with van der Waals surface area (Å²) in [7, 11) is 1.34. The van der Waals surface area contributed by atoms with Crippen molar-refractivity contribution in [3.63, 3.8) is 0 Å². The summed E-state index contributed by atoms with van der Waals surface area (Å²) in [6.07, 6.45) is -3.39. The Morgan fingerprint density at radius 2 is 1.81 bits per heavy atom. The molecule has 3 aromatic carbocycles. The molecule has 0 atom stereocenters. The summed E-state index contributed by atoms with van der Waals surface area (Å²) in [4.78, 5) is 24.2. The number of hydrogen-bond donors (Lipinski definition) is 2. The van der Waals surface area contributed by atoms with Crippen LogP contribution in [-0.2, 0) is 11.0 Å². The molecule has 0 spiro atoms. The van der Waals surface area contributed by atoms with Gasteiger partial charge in [-0.05, 0) is 60.2 Å². The molecule has 3 rings (SSSR count). The number of benzene rings is 3. The Kier molecular flexibility index (Phi) is 8.49. The molecular formula is C24H18ClF4N3O4. The van der Waals surface area contributed by atoms with Gasteiger partial charge in [0.15, 0.2) is 18.1 Å². The Bertz CT molecular complexity index is 1280. The number of rotatable bonds is 8. The van der Waals surface area contributed by atoms with E-state index in [0.717, 1.165) is 12.1 Å². The average molecular weight is 524 g/mol. The van der Waals surface area contributed by atoms with Crippen molar-refractivity contribution in [1.29, 1.82) is 0 Å². The fourth-order valence-corrected chi connectivity index (χ4v) is 3.16. The number of halogens is 5. The summed E-state index contributed by atoms with van der Waals surface area (Å²) < 4.78 is 62.1. The van der Waals surface area contributed by atoms with E-state index in [1.54, 1.807) is 0 Å². The molecule has 2 amide bonds. The molecule has 0 unspecified atom stereocenters. The van der Waals surface area contributed by atoms with Crippen LogP contribution in [0.5, 0.6) is 11.5 Å². The van der Waals surface area contributed by atoms with Crippen LogP contribution in [0.4, 0.5) is 23.2 Å². The highest BCUT2D eigenvalue weighted by molar-refractivity contribution is 6.32. The number of nitrogens with one attached hydrogen (secondary N) is 2. The number of amides is 2. The molecule has 7 nitrogen and oxygen atoms in total. The molecule has 0 aliphatic rings. The van der Waals surface area contributed by atoms with Gasteiger partial charge < -0.3 is 14.8 Å². The molecule has 0 fully saturated rings. The molecule has 36 heavy (non-hydrogen) atoms. The lowest BCUT2D eigenvalue weighted by Gasteiger charge is -2.13. The zero-order valence-corrected chi connectivity index (χ0v) is 19.3. The molecule has 2 N–H and O–H groups in total. The van der Waals surface area contributed by atoms with Crippen LogP contribution < -0.4 is 20.2 Å². The van der Waals surface area contributed by atoms with Gasteiger partial charge in [0.05, 0.1) is 23.9 Å². The van der Waals surface area contributed by atoms with E-state index < -0.39 is 36.0 Å². The van der Waals surface area contributed by atoms with Crippen LogP contribution in [0.15, 0.2) is 65.8 Å². The largest absolute Gasteiger partial charge is 0.493 e. The fraction of sp³-hybridized carbons (Fsp3) is 0.125. The number of nitrogens with zero attached hydrogens (tertiary/aromatic N) is 1. The van der Waals surface area contributed by atoms with Gasteiger partial charge >= 0.3 is 6.18 Å². The second-order valence-electron chi connectivity index (χ2n) is 7.16. The van der Waals surface area contributed by atoms with Crippen LogP contribution in [0.25, 0.3) is 0 Å². The number of methoxy groups -OCH3 is 1. The average Bonchev–Trinajstić information content (AvgIpc) is 2.84. The Morgan fingerprint density at radius 1 is 1.08 bits per heavy atom. The zero-order chi connectivity index (χ0) is 26.3. The maximum absolute atomic E-state index is 13.0. The second-order valence-corrected chi connectivity index (χ2v) is 7.56. The van der Waals surface area contributed by atoms with Gasteiger partial charge in [0, 0.05) is 11.3 Å². The molecular weight excluding hydrogens is 506 g/mol. The van der Waals surface area contributed by atoms with Crippen molar-refractivity contribution < 1.29 is 36.6 Å². The SMILES string of the molecule is COc1cc(/C=N\NC(=O)c2cccc(C(F)(F)F)c2)cc(Cl)c1OCC(=O)Nc1ccc(F)cc1. The van der Waals surface area contributed by atoms with Crippen LogP contribution in [0.3, 0.4) is 0 Å². The van der Waals surface area contributed by atoms with Gasteiger partial charge in [0.1, 0.15) is 5.82 Å². The van der Waals surface area contributed by atoms with Gasteiger partial charge in [-0.3, -0.25) is 9.59 Å². The number of anilines is 1. The number of carbonyl (C=O) groups excluding carboxylic acids is 2. The lowest BCUT2D eigenvalue weighted by atomic mass is 10.1. The van der Waals surface area contributed by atoms with Crippen LogP contribution >= 0.6 is 11.6 Å². The van der Waals surface area contributed by atoms with E-state index in [2.05, 4.69) is 15.8 Å². The highest BCUT2D eigenvalue weighted by Gasteiger charge is 2.30. The molecule has 0 aromatic heterocycles.